The van der Waals surface area contributed by atoms with Crippen molar-refractivity contribution in [3.63, 3.8) is 0 Å². The van der Waals surface area contributed by atoms with Gasteiger partial charge in [0.2, 0.25) is 0 Å². The zero-order valence-electron chi connectivity index (χ0n) is 19.5. The van der Waals surface area contributed by atoms with Crippen molar-refractivity contribution < 1.29 is 14.7 Å². The van der Waals surface area contributed by atoms with Crippen LogP contribution in [0.2, 0.25) is 0 Å². The maximum atomic E-state index is 12.8. The minimum Gasteiger partial charge on any atom is -0.506 e. The molecule has 6 heteroatoms. The number of hydrogen-bond acceptors (Lipinski definition) is 4. The predicted molar refractivity (Wildman–Crippen MR) is 136 cm³/mol. The highest BCUT2D eigenvalue weighted by molar-refractivity contribution is 5.96. The molecule has 2 amide bonds. The molecular formula is C29H27N3O3. The average molecular weight is 466 g/mol. The minimum absolute atomic E-state index is 0.0474. The lowest BCUT2D eigenvalue weighted by atomic mass is 10.0. The van der Waals surface area contributed by atoms with Gasteiger partial charge in [-0.05, 0) is 71.5 Å². The lowest BCUT2D eigenvalue weighted by Crippen LogP contribution is -2.27. The van der Waals surface area contributed by atoms with Crippen LogP contribution in [-0.4, -0.2) is 27.9 Å². The number of phenolic OH excluding ortho intramolecular Hbond substituents is 1. The normalized spacial score (nSPS) is 16.6. The molecule has 5 rings (SSSR count). The molecule has 1 aliphatic rings. The van der Waals surface area contributed by atoms with Gasteiger partial charge in [-0.2, -0.15) is 0 Å². The van der Waals surface area contributed by atoms with Crippen LogP contribution in [0.15, 0.2) is 79.0 Å². The number of nitrogens with one attached hydrogen (secondary N) is 2. The molecule has 0 bridgehead atoms. The molecule has 35 heavy (non-hydrogen) atoms. The topological polar surface area (TPSA) is 91.3 Å². The second-order valence-corrected chi connectivity index (χ2v) is 9.01. The quantitative estimate of drug-likeness (QED) is 0.356. The monoisotopic (exact) mass is 465 g/mol. The summed E-state index contributed by atoms with van der Waals surface area (Å²) >= 11 is 0. The number of hydrogen-bond donors (Lipinski definition) is 3. The van der Waals surface area contributed by atoms with Crippen molar-refractivity contribution >= 4 is 22.7 Å². The fourth-order valence-electron chi connectivity index (χ4n) is 4.37. The number of aromatic nitrogens is 1. The number of pyridine rings is 1. The number of carbonyl (C=O) groups is 2. The zero-order chi connectivity index (χ0) is 24.4. The van der Waals surface area contributed by atoms with Gasteiger partial charge in [0.15, 0.2) is 0 Å². The van der Waals surface area contributed by atoms with E-state index in [1.54, 1.807) is 36.5 Å². The van der Waals surface area contributed by atoms with Crippen LogP contribution in [0, 0.1) is 5.92 Å². The van der Waals surface area contributed by atoms with Crippen molar-refractivity contribution in [3.05, 3.63) is 95.7 Å². The Morgan fingerprint density at radius 1 is 0.943 bits per heavy atom. The number of amides is 2. The van der Waals surface area contributed by atoms with E-state index in [0.29, 0.717) is 35.1 Å². The summed E-state index contributed by atoms with van der Waals surface area (Å²) in [6, 6.07) is 22.2. The Labute approximate surface area is 204 Å². The van der Waals surface area contributed by atoms with Gasteiger partial charge in [0.05, 0.1) is 0 Å². The van der Waals surface area contributed by atoms with Crippen molar-refractivity contribution in [2.45, 2.75) is 32.4 Å². The summed E-state index contributed by atoms with van der Waals surface area (Å²) < 4.78 is 0. The lowest BCUT2D eigenvalue weighted by molar-refractivity contribution is 0.0940. The molecule has 1 saturated carbocycles. The molecule has 4 aromatic rings. The number of rotatable bonds is 7. The van der Waals surface area contributed by atoms with Crippen molar-refractivity contribution in [3.8, 4) is 16.9 Å². The molecule has 3 N–H and O–H groups in total. The molecule has 1 fully saturated rings. The van der Waals surface area contributed by atoms with E-state index in [1.165, 1.54) is 0 Å². The maximum Gasteiger partial charge on any atom is 0.251 e. The number of benzene rings is 3. The van der Waals surface area contributed by atoms with Crippen LogP contribution < -0.4 is 10.6 Å². The molecule has 0 spiro atoms. The first-order valence-electron chi connectivity index (χ1n) is 11.9. The Morgan fingerprint density at radius 3 is 2.54 bits per heavy atom. The second-order valence-electron chi connectivity index (χ2n) is 9.01. The molecule has 1 aliphatic carbocycles. The SMILES string of the molecule is CCC1CC1NC(=O)c1ccc(CNC(=O)c2cccc(-c3cc(O)c4ncccc4c3)c2)cc1. The van der Waals surface area contributed by atoms with Gasteiger partial charge in [-0.1, -0.05) is 43.7 Å². The van der Waals surface area contributed by atoms with Gasteiger partial charge in [0, 0.05) is 35.3 Å². The summed E-state index contributed by atoms with van der Waals surface area (Å²) in [6.07, 6.45) is 3.80. The summed E-state index contributed by atoms with van der Waals surface area (Å²) in [5.74, 6) is 0.469. The van der Waals surface area contributed by atoms with E-state index < -0.39 is 0 Å². The summed E-state index contributed by atoms with van der Waals surface area (Å²) in [7, 11) is 0. The first-order valence-corrected chi connectivity index (χ1v) is 11.9. The molecule has 0 saturated heterocycles. The summed E-state index contributed by atoms with van der Waals surface area (Å²) in [5, 5.41) is 17.2. The third kappa shape index (κ3) is 5.01. The standard InChI is InChI=1S/C29H27N3O3/c1-2-19-15-25(19)32-29(35)20-10-8-18(9-11-20)17-31-28(34)23-6-3-5-21(13-23)24-14-22-7-4-12-30-27(22)26(33)16-24/h3-14,16,19,25,33H,2,15,17H2,1H3,(H,31,34)(H,32,35). The average Bonchev–Trinajstić information content (AvgIpc) is 3.65. The van der Waals surface area contributed by atoms with E-state index in [4.69, 9.17) is 0 Å². The molecule has 2 unspecified atom stereocenters. The Bertz CT molecular complexity index is 1400. The van der Waals surface area contributed by atoms with Crippen molar-refractivity contribution in [1.82, 2.24) is 15.6 Å². The van der Waals surface area contributed by atoms with Crippen LogP contribution in [0.3, 0.4) is 0 Å². The van der Waals surface area contributed by atoms with Crippen LogP contribution in [0.1, 0.15) is 46.0 Å². The largest absolute Gasteiger partial charge is 0.506 e. The van der Waals surface area contributed by atoms with Gasteiger partial charge in [0.25, 0.3) is 11.8 Å². The molecule has 1 heterocycles. The molecule has 1 aromatic heterocycles. The van der Waals surface area contributed by atoms with Gasteiger partial charge in [0.1, 0.15) is 11.3 Å². The lowest BCUT2D eigenvalue weighted by Gasteiger charge is -2.10. The van der Waals surface area contributed by atoms with E-state index in [-0.39, 0.29) is 17.6 Å². The van der Waals surface area contributed by atoms with Gasteiger partial charge < -0.3 is 15.7 Å². The van der Waals surface area contributed by atoms with Crippen LogP contribution in [0.4, 0.5) is 0 Å². The molecule has 176 valence electrons. The Balaban J connectivity index is 1.23. The Hall–Kier alpha value is -4.19. The van der Waals surface area contributed by atoms with Crippen molar-refractivity contribution in [2.24, 2.45) is 5.92 Å². The van der Waals surface area contributed by atoms with E-state index in [1.807, 2.05) is 42.5 Å². The van der Waals surface area contributed by atoms with Gasteiger partial charge in [-0.15, -0.1) is 0 Å². The number of carbonyl (C=O) groups excluding carboxylic acids is 2. The van der Waals surface area contributed by atoms with Crippen LogP contribution in [-0.2, 0) is 6.54 Å². The van der Waals surface area contributed by atoms with Crippen LogP contribution >= 0.6 is 0 Å². The van der Waals surface area contributed by atoms with Crippen molar-refractivity contribution in [1.29, 1.82) is 0 Å². The second kappa shape index (κ2) is 9.58. The number of nitrogens with zero attached hydrogens (tertiary/aromatic N) is 1. The first-order chi connectivity index (χ1) is 17.0. The highest BCUT2D eigenvalue weighted by Gasteiger charge is 2.36. The van der Waals surface area contributed by atoms with E-state index in [9.17, 15) is 14.7 Å². The third-order valence-electron chi connectivity index (χ3n) is 6.58. The molecule has 2 atom stereocenters. The number of phenols is 1. The van der Waals surface area contributed by atoms with Crippen LogP contribution in [0.5, 0.6) is 5.75 Å². The van der Waals surface area contributed by atoms with E-state index >= 15 is 0 Å². The number of fused-ring (bicyclic) bond motifs is 1. The van der Waals surface area contributed by atoms with Crippen molar-refractivity contribution in [2.75, 3.05) is 0 Å². The van der Waals surface area contributed by atoms with E-state index in [2.05, 4.69) is 22.5 Å². The summed E-state index contributed by atoms with van der Waals surface area (Å²) in [4.78, 5) is 29.4. The van der Waals surface area contributed by atoms with Gasteiger partial charge in [-0.25, -0.2) is 0 Å². The molecule has 3 aromatic carbocycles. The highest BCUT2D eigenvalue weighted by atomic mass is 16.3. The number of aromatic hydroxyl groups is 1. The smallest absolute Gasteiger partial charge is 0.251 e. The molecular weight excluding hydrogens is 438 g/mol. The Kier molecular flexibility index (Phi) is 6.19. The summed E-state index contributed by atoms with van der Waals surface area (Å²) in [5.41, 5.74) is 4.25. The maximum absolute atomic E-state index is 12.8. The zero-order valence-corrected chi connectivity index (χ0v) is 19.5. The fraction of sp³-hybridized carbons (Fsp3) is 0.207. The van der Waals surface area contributed by atoms with Crippen LogP contribution in [0.25, 0.3) is 22.0 Å². The molecule has 6 nitrogen and oxygen atoms in total. The van der Waals surface area contributed by atoms with E-state index in [0.717, 1.165) is 34.9 Å². The molecule has 0 radical (unpaired) electrons. The Morgan fingerprint density at radius 2 is 1.77 bits per heavy atom. The highest BCUT2D eigenvalue weighted by Crippen LogP contribution is 2.33. The fourth-order valence-corrected chi connectivity index (χ4v) is 4.37. The summed E-state index contributed by atoms with van der Waals surface area (Å²) in [6.45, 7) is 2.50. The van der Waals surface area contributed by atoms with Gasteiger partial charge in [-0.3, -0.25) is 14.6 Å². The minimum atomic E-state index is -0.195. The molecule has 0 aliphatic heterocycles. The predicted octanol–water partition coefficient (Wildman–Crippen LogP) is 5.07. The third-order valence-corrected chi connectivity index (χ3v) is 6.58. The van der Waals surface area contributed by atoms with Gasteiger partial charge >= 0.3 is 0 Å². The first kappa shape index (κ1) is 22.6.